The zero-order chi connectivity index (χ0) is 30.1. The highest BCUT2D eigenvalue weighted by molar-refractivity contribution is 6.26. The van der Waals surface area contributed by atoms with Crippen molar-refractivity contribution < 1.29 is 43.6 Å². The monoisotopic (exact) mass is 575 g/mol. The Kier molecular flexibility index (Phi) is 6.91. The summed E-state index contributed by atoms with van der Waals surface area (Å²) in [6.07, 6.45) is -1.08. The fourth-order valence-electron chi connectivity index (χ4n) is 6.74. The smallest absolute Gasteiger partial charge is 0.254 e. The maximum Gasteiger partial charge on any atom is 0.254 e. The van der Waals surface area contributed by atoms with E-state index in [1.54, 1.807) is 19.0 Å². The van der Waals surface area contributed by atoms with Crippen molar-refractivity contribution in [2.45, 2.75) is 37.1 Å². The van der Waals surface area contributed by atoms with Crippen LogP contribution in [0.15, 0.2) is 28.7 Å². The molecule has 0 unspecified atom stereocenters. The number of ketones is 1. The molecule has 1 aromatic rings. The number of nitrogens with two attached hydrogens (primary N) is 1. The number of benzene rings is 1. The number of aliphatic hydroxyl groups is 3. The minimum absolute atomic E-state index is 0.0588. The van der Waals surface area contributed by atoms with Crippen molar-refractivity contribution in [2.75, 3.05) is 39.0 Å². The second kappa shape index (κ2) is 9.89. The Balaban J connectivity index is 1.56. The van der Waals surface area contributed by atoms with Crippen LogP contribution < -0.4 is 11.1 Å². The van der Waals surface area contributed by atoms with Crippen LogP contribution in [0.3, 0.4) is 0 Å². The molecule has 14 heteroatoms. The predicted octanol–water partition coefficient (Wildman–Crippen LogP) is 0.693. The van der Waals surface area contributed by atoms with Gasteiger partial charge in [0.05, 0.1) is 29.5 Å². The van der Waals surface area contributed by atoms with Gasteiger partial charge in [-0.1, -0.05) is 0 Å². The highest BCUT2D eigenvalue weighted by Gasteiger charge is 2.61. The maximum absolute atomic E-state index is 15.4. The normalized spacial score (nSPS) is 29.9. The number of anilines is 1. The lowest BCUT2D eigenvalue weighted by Crippen LogP contribution is -2.63. The van der Waals surface area contributed by atoms with Crippen molar-refractivity contribution in [1.29, 1.82) is 5.41 Å². The SMILES string of the molecule is CN(C)[C@@H]1C(O)=C(C(N)=O)C(=N)[C@@]2(O)C(O)=C3C(=O)c4c(O)c(NC(=O)CN5CC[C@H](F)C5)cc(F)c4C[C@H]3C[C@@H]12. The number of fused-ring (bicyclic) bond motifs is 3. The quantitative estimate of drug-likeness (QED) is 0.247. The number of aliphatic hydroxyl groups excluding tert-OH is 2. The Morgan fingerprint density at radius 2 is 1.98 bits per heavy atom. The van der Waals surface area contributed by atoms with Crippen LogP contribution >= 0.6 is 0 Å². The van der Waals surface area contributed by atoms with Gasteiger partial charge in [0.2, 0.25) is 5.91 Å². The fraction of sp³-hybridized carbons (Fsp3) is 0.481. The largest absolute Gasteiger partial charge is 0.510 e. The van der Waals surface area contributed by atoms with Crippen molar-refractivity contribution in [3.63, 3.8) is 0 Å². The van der Waals surface area contributed by atoms with Crippen molar-refractivity contribution in [1.82, 2.24) is 9.80 Å². The van der Waals surface area contributed by atoms with E-state index in [0.717, 1.165) is 6.07 Å². The van der Waals surface area contributed by atoms with E-state index in [2.05, 4.69) is 5.32 Å². The standard InChI is InChI=1S/C27H31F2N5O7/c1-33(2)20-13-6-10-5-12-14(29)7-15(32-16(35)9-34-4-3-11(28)8-34)21(36)18(12)22(37)17(10)25(39)27(13,41)24(30)19(23(20)38)26(31)40/h7,10-11,13,20,30,36,38-39,41H,3-6,8-9H2,1-2H3,(H2,31,40)(H,32,35)/t10-,11-,13-,20-,27+/m0/s1. The molecule has 8 N–H and O–H groups in total. The molecular formula is C27H31F2N5O7. The number of Topliss-reactive ketones (excluding diaryl/α,β-unsaturated/α-hetero) is 1. The number of hydrogen-bond donors (Lipinski definition) is 7. The summed E-state index contributed by atoms with van der Waals surface area (Å²) in [6.45, 7) is 0.195. The van der Waals surface area contributed by atoms with E-state index in [1.807, 2.05) is 0 Å². The van der Waals surface area contributed by atoms with Crippen LogP contribution in [-0.4, -0.2) is 105 Å². The molecule has 1 aromatic carbocycles. The number of amides is 2. The Labute approximate surface area is 233 Å². The van der Waals surface area contributed by atoms with Gasteiger partial charge in [-0.3, -0.25) is 24.2 Å². The maximum atomic E-state index is 15.4. The van der Waals surface area contributed by atoms with Crippen LogP contribution in [-0.2, 0) is 16.0 Å². The van der Waals surface area contributed by atoms with Gasteiger partial charge in [-0.15, -0.1) is 0 Å². The van der Waals surface area contributed by atoms with E-state index < -0.39 is 92.9 Å². The lowest BCUT2D eigenvalue weighted by Gasteiger charge is -2.51. The number of alkyl halides is 1. The third-order valence-electron chi connectivity index (χ3n) is 8.58. The molecule has 0 spiro atoms. The lowest BCUT2D eigenvalue weighted by molar-refractivity contribution is -0.117. The van der Waals surface area contributed by atoms with Crippen molar-refractivity contribution in [3.8, 4) is 5.75 Å². The van der Waals surface area contributed by atoms with E-state index in [9.17, 15) is 39.2 Å². The summed E-state index contributed by atoms with van der Waals surface area (Å²) < 4.78 is 28.8. The summed E-state index contributed by atoms with van der Waals surface area (Å²) in [5.74, 6) is -8.09. The molecule has 3 aliphatic carbocycles. The van der Waals surface area contributed by atoms with Crippen molar-refractivity contribution in [3.05, 3.63) is 45.7 Å². The first-order valence-corrected chi connectivity index (χ1v) is 13.1. The first kappa shape index (κ1) is 28.6. The number of hydrogen-bond acceptors (Lipinski definition) is 10. The van der Waals surface area contributed by atoms with E-state index >= 15 is 4.39 Å². The Bertz CT molecular complexity index is 1460. The van der Waals surface area contributed by atoms with E-state index in [0.29, 0.717) is 6.54 Å². The molecule has 0 saturated carbocycles. The molecule has 0 bridgehead atoms. The second-order valence-corrected chi connectivity index (χ2v) is 11.3. The zero-order valence-electron chi connectivity index (χ0n) is 22.4. The van der Waals surface area contributed by atoms with Crippen molar-refractivity contribution >= 4 is 29.0 Å². The second-order valence-electron chi connectivity index (χ2n) is 11.3. The van der Waals surface area contributed by atoms with Gasteiger partial charge in [0.15, 0.2) is 17.1 Å². The zero-order valence-corrected chi connectivity index (χ0v) is 22.4. The fourth-order valence-corrected chi connectivity index (χ4v) is 6.74. The van der Waals surface area contributed by atoms with Gasteiger partial charge in [-0.2, -0.15) is 0 Å². The number of nitrogens with zero attached hydrogens (tertiary/aromatic N) is 2. The summed E-state index contributed by atoms with van der Waals surface area (Å²) in [5.41, 5.74) is -0.273. The molecule has 1 heterocycles. The van der Waals surface area contributed by atoms with Gasteiger partial charge in [0.1, 0.15) is 29.1 Å². The summed E-state index contributed by atoms with van der Waals surface area (Å²) in [4.78, 5) is 41.5. The highest BCUT2D eigenvalue weighted by atomic mass is 19.1. The molecule has 1 fully saturated rings. The third kappa shape index (κ3) is 4.28. The van der Waals surface area contributed by atoms with Crippen LogP contribution in [0.25, 0.3) is 0 Å². The van der Waals surface area contributed by atoms with E-state index in [4.69, 9.17) is 11.1 Å². The first-order chi connectivity index (χ1) is 19.2. The predicted molar refractivity (Wildman–Crippen MR) is 141 cm³/mol. The summed E-state index contributed by atoms with van der Waals surface area (Å²) in [6, 6.07) is -0.210. The molecule has 1 aliphatic heterocycles. The molecule has 5 rings (SSSR count). The van der Waals surface area contributed by atoms with Crippen molar-refractivity contribution in [2.24, 2.45) is 17.6 Å². The Hall–Kier alpha value is -3.88. The molecular weight excluding hydrogens is 544 g/mol. The summed E-state index contributed by atoms with van der Waals surface area (Å²) in [7, 11) is 3.08. The van der Waals surface area contributed by atoms with Gasteiger partial charge in [0, 0.05) is 36.2 Å². The number of nitrogens with one attached hydrogen (secondary N) is 2. The summed E-state index contributed by atoms with van der Waals surface area (Å²) >= 11 is 0. The highest BCUT2D eigenvalue weighted by Crippen LogP contribution is 2.53. The number of phenols is 1. The van der Waals surface area contributed by atoms with Crippen LogP contribution in [0.4, 0.5) is 14.5 Å². The number of carbonyl (C=O) groups excluding carboxylic acids is 3. The van der Waals surface area contributed by atoms with E-state index in [-0.39, 0.29) is 43.5 Å². The van der Waals surface area contributed by atoms with Crippen LogP contribution in [0.1, 0.15) is 28.8 Å². The molecule has 5 atom stereocenters. The average molecular weight is 576 g/mol. The number of phenolic OH excluding ortho intramolecular Hbond substituents is 1. The number of allylic oxidation sites excluding steroid dienone is 1. The summed E-state index contributed by atoms with van der Waals surface area (Å²) in [5, 5.41) is 55.8. The minimum Gasteiger partial charge on any atom is -0.510 e. The topological polar surface area (TPSA) is 201 Å². The van der Waals surface area contributed by atoms with Gasteiger partial charge < -0.3 is 36.9 Å². The van der Waals surface area contributed by atoms with E-state index in [1.165, 1.54) is 4.90 Å². The Morgan fingerprint density at radius 3 is 2.56 bits per heavy atom. The number of rotatable bonds is 5. The Morgan fingerprint density at radius 1 is 1.29 bits per heavy atom. The number of primary amides is 1. The number of halogens is 2. The number of carbonyl (C=O) groups is 3. The number of aromatic hydroxyl groups is 1. The van der Waals surface area contributed by atoms with Gasteiger partial charge in [-0.25, -0.2) is 8.78 Å². The molecule has 220 valence electrons. The van der Waals surface area contributed by atoms with Gasteiger partial charge >= 0.3 is 0 Å². The molecule has 12 nitrogen and oxygen atoms in total. The van der Waals surface area contributed by atoms with Gasteiger partial charge in [-0.05, 0) is 39.3 Å². The molecule has 1 saturated heterocycles. The molecule has 0 radical (unpaired) electrons. The van der Waals surface area contributed by atoms with Gasteiger partial charge in [0.25, 0.3) is 5.91 Å². The number of likely N-dealkylation sites (N-methyl/N-ethyl adjacent to an activating group) is 1. The molecule has 0 aromatic heterocycles. The molecule has 41 heavy (non-hydrogen) atoms. The average Bonchev–Trinajstić information content (AvgIpc) is 3.28. The first-order valence-electron chi connectivity index (χ1n) is 13.1. The minimum atomic E-state index is -2.60. The van der Waals surface area contributed by atoms with Crippen LogP contribution in [0.2, 0.25) is 0 Å². The molecule has 4 aliphatic rings. The third-order valence-corrected chi connectivity index (χ3v) is 8.58. The number of likely N-dealkylation sites (tertiary alicyclic amines) is 1. The lowest BCUT2D eigenvalue weighted by atomic mass is 9.58. The van der Waals surface area contributed by atoms with Crippen LogP contribution in [0.5, 0.6) is 5.75 Å². The van der Waals surface area contributed by atoms with Crippen LogP contribution in [0, 0.1) is 23.1 Å². The molecule has 2 amide bonds.